The Morgan fingerprint density at radius 1 is 1.03 bits per heavy atom. The van der Waals surface area contributed by atoms with Gasteiger partial charge in [0.15, 0.2) is 11.4 Å². The van der Waals surface area contributed by atoms with Crippen molar-refractivity contribution in [1.82, 2.24) is 15.0 Å². The molecule has 0 saturated carbocycles. The minimum atomic E-state index is -0.693. The third kappa shape index (κ3) is 5.31. The fourth-order valence-corrected chi connectivity index (χ4v) is 4.43. The molecule has 4 heterocycles. The van der Waals surface area contributed by atoms with Crippen LogP contribution in [0.1, 0.15) is 65.5 Å². The number of carbonyl (C=O) groups excluding carboxylic acids is 1. The average Bonchev–Trinajstić information content (AvgIpc) is 3.33. The lowest BCUT2D eigenvalue weighted by molar-refractivity contribution is -0.0108. The number of oxime groups is 1. The first-order chi connectivity index (χ1) is 17.8. The van der Waals surface area contributed by atoms with Crippen molar-refractivity contribution in [1.29, 1.82) is 0 Å². The Bertz CT molecular complexity index is 1450. The molecule has 1 aliphatic heterocycles. The largest absolute Gasteiger partial charge is 0.382 e. The molecular weight excluding hydrogens is 467 g/mol. The fourth-order valence-electron chi connectivity index (χ4n) is 4.43. The predicted molar refractivity (Wildman–Crippen MR) is 140 cm³/mol. The SMILES string of the molecule is Cc1ccc(-c2cc(C(=O)C[C@H](C)c3ccc(F)cn3)cc(C3=NOC(C)(c4ccccn4)C3)c2)nc1. The van der Waals surface area contributed by atoms with Gasteiger partial charge in [-0.1, -0.05) is 24.2 Å². The van der Waals surface area contributed by atoms with E-state index in [2.05, 4.69) is 20.1 Å². The number of Topliss-reactive ketones (excluding diaryl/α,β-unsaturated/α-hetero) is 1. The first-order valence-corrected chi connectivity index (χ1v) is 12.2. The number of hydrogen-bond acceptors (Lipinski definition) is 6. The molecule has 1 aliphatic rings. The number of pyridine rings is 3. The summed E-state index contributed by atoms with van der Waals surface area (Å²) in [6, 6.07) is 18.3. The van der Waals surface area contributed by atoms with Crippen LogP contribution in [0.5, 0.6) is 0 Å². The van der Waals surface area contributed by atoms with Gasteiger partial charge in [-0.25, -0.2) is 4.39 Å². The number of nitrogens with zero attached hydrogens (tertiary/aromatic N) is 4. The number of halogens is 1. The monoisotopic (exact) mass is 494 g/mol. The number of rotatable bonds is 7. The van der Waals surface area contributed by atoms with Crippen molar-refractivity contribution >= 4 is 11.5 Å². The second-order valence-electron chi connectivity index (χ2n) is 9.70. The molecule has 0 fully saturated rings. The Morgan fingerprint density at radius 2 is 1.86 bits per heavy atom. The van der Waals surface area contributed by atoms with E-state index in [-0.39, 0.29) is 18.1 Å². The second kappa shape index (κ2) is 10.0. The van der Waals surface area contributed by atoms with E-state index in [0.29, 0.717) is 17.7 Å². The second-order valence-corrected chi connectivity index (χ2v) is 9.70. The van der Waals surface area contributed by atoms with Gasteiger partial charge in [0.05, 0.1) is 23.3 Å². The molecule has 0 saturated heterocycles. The Hall–Kier alpha value is -4.26. The normalized spacial score (nSPS) is 17.7. The number of benzene rings is 1. The van der Waals surface area contributed by atoms with Crippen LogP contribution >= 0.6 is 0 Å². The lowest BCUT2D eigenvalue weighted by Gasteiger charge is -2.20. The number of ketones is 1. The highest BCUT2D eigenvalue weighted by Crippen LogP contribution is 2.36. The first-order valence-electron chi connectivity index (χ1n) is 12.2. The van der Waals surface area contributed by atoms with Crippen LogP contribution in [-0.2, 0) is 10.4 Å². The third-order valence-electron chi connectivity index (χ3n) is 6.61. The average molecular weight is 495 g/mol. The molecule has 7 heteroatoms. The lowest BCUT2D eigenvalue weighted by Crippen LogP contribution is -2.23. The van der Waals surface area contributed by atoms with Gasteiger partial charge in [0.25, 0.3) is 0 Å². The van der Waals surface area contributed by atoms with Crippen LogP contribution in [0.25, 0.3) is 11.3 Å². The molecule has 3 aromatic heterocycles. The molecular formula is C30H27FN4O2. The van der Waals surface area contributed by atoms with Gasteiger partial charge in [0.2, 0.25) is 0 Å². The van der Waals surface area contributed by atoms with Crippen molar-refractivity contribution < 1.29 is 14.0 Å². The van der Waals surface area contributed by atoms with Crippen LogP contribution in [0.4, 0.5) is 4.39 Å². The molecule has 1 aromatic carbocycles. The summed E-state index contributed by atoms with van der Waals surface area (Å²) in [6.45, 7) is 5.86. The standard InChI is InChI=1S/C30H27FN4O2/c1-19-7-9-26(33-17-19)21-13-22(27-16-30(3,37-35-27)29-6-4-5-11-32-29)15-23(14-21)28(36)12-20(2)25-10-8-24(31)18-34-25/h4-11,13-15,17-18,20H,12,16H2,1-3H3/t20-,30?/m0/s1. The fraction of sp³-hybridized carbons (Fsp3) is 0.233. The maximum Gasteiger partial charge on any atom is 0.182 e. The molecule has 0 N–H and O–H groups in total. The smallest absolute Gasteiger partial charge is 0.182 e. The van der Waals surface area contributed by atoms with Gasteiger partial charge in [-0.15, -0.1) is 0 Å². The van der Waals surface area contributed by atoms with E-state index >= 15 is 0 Å². The highest BCUT2D eigenvalue weighted by molar-refractivity contribution is 6.06. The van der Waals surface area contributed by atoms with E-state index in [1.165, 1.54) is 12.3 Å². The molecule has 0 spiro atoms. The summed E-state index contributed by atoms with van der Waals surface area (Å²) < 4.78 is 13.3. The van der Waals surface area contributed by atoms with Crippen LogP contribution in [0, 0.1) is 12.7 Å². The number of aryl methyl sites for hydroxylation is 1. The maximum absolute atomic E-state index is 13.4. The molecule has 2 atom stereocenters. The van der Waals surface area contributed by atoms with E-state index in [1.54, 1.807) is 18.5 Å². The molecule has 37 heavy (non-hydrogen) atoms. The summed E-state index contributed by atoms with van der Waals surface area (Å²) in [5.41, 5.74) is 5.51. The van der Waals surface area contributed by atoms with E-state index in [1.807, 2.05) is 69.3 Å². The van der Waals surface area contributed by atoms with Crippen LogP contribution in [0.3, 0.4) is 0 Å². The van der Waals surface area contributed by atoms with Gasteiger partial charge in [-0.2, -0.15) is 0 Å². The molecule has 0 radical (unpaired) electrons. The van der Waals surface area contributed by atoms with Crippen LogP contribution in [0.15, 0.2) is 84.4 Å². The van der Waals surface area contributed by atoms with Gasteiger partial charge in [-0.3, -0.25) is 19.7 Å². The molecule has 5 rings (SSSR count). The number of aromatic nitrogens is 3. The van der Waals surface area contributed by atoms with Gasteiger partial charge in [0.1, 0.15) is 5.82 Å². The summed E-state index contributed by atoms with van der Waals surface area (Å²) in [4.78, 5) is 32.5. The summed E-state index contributed by atoms with van der Waals surface area (Å²) >= 11 is 0. The van der Waals surface area contributed by atoms with E-state index in [4.69, 9.17) is 4.84 Å². The zero-order valence-electron chi connectivity index (χ0n) is 21.0. The van der Waals surface area contributed by atoms with E-state index in [0.717, 1.165) is 33.8 Å². The molecule has 1 unspecified atom stereocenters. The lowest BCUT2D eigenvalue weighted by atomic mass is 9.89. The van der Waals surface area contributed by atoms with Crippen molar-refractivity contribution in [2.75, 3.05) is 0 Å². The van der Waals surface area contributed by atoms with Crippen molar-refractivity contribution in [3.05, 3.63) is 113 Å². The molecule has 186 valence electrons. The van der Waals surface area contributed by atoms with Crippen LogP contribution < -0.4 is 0 Å². The van der Waals surface area contributed by atoms with Gasteiger partial charge in [0, 0.05) is 53.5 Å². The van der Waals surface area contributed by atoms with Crippen molar-refractivity contribution in [3.63, 3.8) is 0 Å². The number of carbonyl (C=O) groups is 1. The number of hydrogen-bond donors (Lipinski definition) is 0. The Morgan fingerprint density at radius 3 is 2.57 bits per heavy atom. The summed E-state index contributed by atoms with van der Waals surface area (Å²) in [5, 5.41) is 4.40. The zero-order valence-corrected chi connectivity index (χ0v) is 21.0. The molecule has 0 amide bonds. The Kier molecular flexibility index (Phi) is 6.61. The Labute approximate surface area is 215 Å². The van der Waals surface area contributed by atoms with Gasteiger partial charge < -0.3 is 4.84 Å². The molecule has 0 bridgehead atoms. The topological polar surface area (TPSA) is 77.3 Å². The summed E-state index contributed by atoms with van der Waals surface area (Å²) in [6.07, 6.45) is 5.46. The minimum absolute atomic E-state index is 0.0409. The minimum Gasteiger partial charge on any atom is -0.382 e. The quantitative estimate of drug-likeness (QED) is 0.278. The highest BCUT2D eigenvalue weighted by Gasteiger charge is 2.38. The van der Waals surface area contributed by atoms with Gasteiger partial charge in [-0.05, 0) is 67.9 Å². The molecule has 4 aromatic rings. The summed E-state index contributed by atoms with van der Waals surface area (Å²) in [7, 11) is 0. The van der Waals surface area contributed by atoms with Crippen molar-refractivity contribution in [2.45, 2.75) is 45.1 Å². The van der Waals surface area contributed by atoms with Crippen molar-refractivity contribution in [2.24, 2.45) is 5.16 Å². The maximum atomic E-state index is 13.4. The highest BCUT2D eigenvalue weighted by atomic mass is 19.1. The van der Waals surface area contributed by atoms with Crippen molar-refractivity contribution in [3.8, 4) is 11.3 Å². The van der Waals surface area contributed by atoms with E-state index in [9.17, 15) is 9.18 Å². The van der Waals surface area contributed by atoms with E-state index < -0.39 is 11.4 Å². The zero-order chi connectivity index (χ0) is 26.0. The predicted octanol–water partition coefficient (Wildman–Crippen LogP) is 6.40. The molecule has 6 nitrogen and oxygen atoms in total. The van der Waals surface area contributed by atoms with Gasteiger partial charge >= 0.3 is 0 Å². The van der Waals surface area contributed by atoms with Crippen LogP contribution in [0.2, 0.25) is 0 Å². The summed E-state index contributed by atoms with van der Waals surface area (Å²) in [5.74, 6) is -0.611. The molecule has 0 aliphatic carbocycles. The Balaban J connectivity index is 1.47. The third-order valence-corrected chi connectivity index (χ3v) is 6.61. The van der Waals surface area contributed by atoms with Crippen LogP contribution in [-0.4, -0.2) is 26.4 Å². The first kappa shape index (κ1) is 24.4.